The Hall–Kier alpha value is -2.01. The van der Waals surface area contributed by atoms with E-state index in [0.29, 0.717) is 28.5 Å². The highest BCUT2D eigenvalue weighted by atomic mass is 35.5. The van der Waals surface area contributed by atoms with Gasteiger partial charge >= 0.3 is 0 Å². The zero-order valence-electron chi connectivity index (χ0n) is 16.4. The molecule has 4 nitrogen and oxygen atoms in total. The maximum Gasteiger partial charge on any atom is 0.256 e. The SMILES string of the molecule is COC1CCC2(CC1)NC(=O)C(c1c(C)cc(-c3ccc(Cl)cc3)cc1Cl)=C2O. The van der Waals surface area contributed by atoms with Crippen LogP contribution in [0.1, 0.15) is 36.8 Å². The van der Waals surface area contributed by atoms with E-state index < -0.39 is 5.54 Å². The number of rotatable bonds is 3. The predicted octanol–water partition coefficient (Wildman–Crippen LogP) is 5.70. The van der Waals surface area contributed by atoms with Crippen molar-refractivity contribution >= 4 is 34.7 Å². The third-order valence-electron chi connectivity index (χ3n) is 6.10. The second-order valence-corrected chi connectivity index (χ2v) is 8.70. The molecule has 2 aliphatic rings. The molecule has 152 valence electrons. The van der Waals surface area contributed by atoms with Crippen molar-refractivity contribution in [2.24, 2.45) is 0 Å². The van der Waals surface area contributed by atoms with Crippen LogP contribution in [0, 0.1) is 6.92 Å². The highest BCUT2D eigenvalue weighted by Crippen LogP contribution is 2.44. The van der Waals surface area contributed by atoms with Crippen LogP contribution < -0.4 is 5.32 Å². The van der Waals surface area contributed by atoms with Crippen LogP contribution >= 0.6 is 23.2 Å². The van der Waals surface area contributed by atoms with Gasteiger partial charge < -0.3 is 15.2 Å². The van der Waals surface area contributed by atoms with E-state index in [1.165, 1.54) is 0 Å². The van der Waals surface area contributed by atoms with Gasteiger partial charge in [0.1, 0.15) is 5.76 Å². The normalized spacial score (nSPS) is 24.3. The molecule has 0 radical (unpaired) electrons. The summed E-state index contributed by atoms with van der Waals surface area (Å²) in [4.78, 5) is 12.9. The number of methoxy groups -OCH3 is 1. The van der Waals surface area contributed by atoms with E-state index in [1.54, 1.807) is 7.11 Å². The van der Waals surface area contributed by atoms with Gasteiger partial charge in [-0.3, -0.25) is 4.79 Å². The van der Waals surface area contributed by atoms with Crippen molar-refractivity contribution in [3.63, 3.8) is 0 Å². The topological polar surface area (TPSA) is 58.6 Å². The molecule has 1 aliphatic heterocycles. The summed E-state index contributed by atoms with van der Waals surface area (Å²) in [6, 6.07) is 11.3. The number of hydrogen-bond donors (Lipinski definition) is 2. The third-order valence-corrected chi connectivity index (χ3v) is 6.65. The number of aliphatic hydroxyl groups excluding tert-OH is 1. The van der Waals surface area contributed by atoms with Crippen molar-refractivity contribution in [2.45, 2.75) is 44.2 Å². The Morgan fingerprint density at radius 3 is 2.34 bits per heavy atom. The summed E-state index contributed by atoms with van der Waals surface area (Å²) < 4.78 is 5.43. The minimum absolute atomic E-state index is 0.0984. The van der Waals surface area contributed by atoms with Crippen LogP contribution in [0.4, 0.5) is 0 Å². The van der Waals surface area contributed by atoms with Crippen LogP contribution in [-0.2, 0) is 9.53 Å². The van der Waals surface area contributed by atoms with Gasteiger partial charge in [-0.25, -0.2) is 0 Å². The van der Waals surface area contributed by atoms with Gasteiger partial charge in [0.05, 0.1) is 17.2 Å². The van der Waals surface area contributed by atoms with Crippen LogP contribution in [-0.4, -0.2) is 29.8 Å². The second kappa shape index (κ2) is 7.67. The number of benzene rings is 2. The van der Waals surface area contributed by atoms with Crippen molar-refractivity contribution in [2.75, 3.05) is 7.11 Å². The molecule has 29 heavy (non-hydrogen) atoms. The summed E-state index contributed by atoms with van der Waals surface area (Å²) >= 11 is 12.6. The number of amides is 1. The molecule has 2 N–H and O–H groups in total. The number of carbonyl (C=O) groups excluding carboxylic acids is 1. The van der Waals surface area contributed by atoms with Crippen LogP contribution in [0.25, 0.3) is 16.7 Å². The summed E-state index contributed by atoms with van der Waals surface area (Å²) in [6.45, 7) is 1.90. The lowest BCUT2D eigenvalue weighted by Gasteiger charge is -2.36. The Labute approximate surface area is 180 Å². The number of hydrogen-bond acceptors (Lipinski definition) is 3. The lowest BCUT2D eigenvalue weighted by Crippen LogP contribution is -2.48. The maximum atomic E-state index is 12.9. The number of halogens is 2. The van der Waals surface area contributed by atoms with Crippen molar-refractivity contribution in [1.82, 2.24) is 5.32 Å². The highest BCUT2D eigenvalue weighted by molar-refractivity contribution is 6.36. The van der Waals surface area contributed by atoms with Crippen molar-refractivity contribution in [3.05, 3.63) is 63.3 Å². The van der Waals surface area contributed by atoms with E-state index >= 15 is 0 Å². The van der Waals surface area contributed by atoms with Gasteiger partial charge in [0.25, 0.3) is 5.91 Å². The Morgan fingerprint density at radius 2 is 1.76 bits per heavy atom. The molecule has 1 fully saturated rings. The maximum absolute atomic E-state index is 12.9. The summed E-state index contributed by atoms with van der Waals surface area (Å²) in [6.07, 6.45) is 3.03. The molecule has 0 atom stereocenters. The number of aliphatic hydroxyl groups is 1. The molecule has 1 saturated carbocycles. The van der Waals surface area contributed by atoms with Gasteiger partial charge in [0.15, 0.2) is 0 Å². The smallest absolute Gasteiger partial charge is 0.256 e. The van der Waals surface area contributed by atoms with Gasteiger partial charge in [-0.1, -0.05) is 41.4 Å². The summed E-state index contributed by atoms with van der Waals surface area (Å²) in [5.41, 5.74) is 2.90. The van der Waals surface area contributed by atoms with E-state index in [-0.39, 0.29) is 23.3 Å². The second-order valence-electron chi connectivity index (χ2n) is 7.85. The molecule has 0 saturated heterocycles. The van der Waals surface area contributed by atoms with Crippen LogP contribution in [0.15, 0.2) is 42.2 Å². The fourth-order valence-corrected chi connectivity index (χ4v) is 4.96. The largest absolute Gasteiger partial charge is 0.509 e. The first-order valence-electron chi connectivity index (χ1n) is 9.70. The number of aryl methyl sites for hydroxylation is 1. The first kappa shape index (κ1) is 20.3. The minimum atomic E-state index is -0.716. The van der Waals surface area contributed by atoms with Gasteiger partial charge in [-0.15, -0.1) is 0 Å². The summed E-state index contributed by atoms with van der Waals surface area (Å²) in [5.74, 6) is -0.177. The van der Waals surface area contributed by atoms with Gasteiger partial charge in [0, 0.05) is 22.7 Å². The standard InChI is InChI=1S/C23H23Cl2NO3/c1-13-11-15(14-3-5-16(24)6-4-14)12-18(25)19(13)20-21(27)23(26-22(20)28)9-7-17(29-2)8-10-23/h3-6,11-12,17,27H,7-10H2,1-2H3,(H,26,28). The lowest BCUT2D eigenvalue weighted by molar-refractivity contribution is -0.116. The van der Waals surface area contributed by atoms with E-state index in [9.17, 15) is 9.90 Å². The Balaban J connectivity index is 1.74. The molecular weight excluding hydrogens is 409 g/mol. The quantitative estimate of drug-likeness (QED) is 0.655. The Kier molecular flexibility index (Phi) is 5.36. The number of carbonyl (C=O) groups is 1. The predicted molar refractivity (Wildman–Crippen MR) is 116 cm³/mol. The molecule has 2 aromatic rings. The Morgan fingerprint density at radius 1 is 1.10 bits per heavy atom. The molecule has 0 unspecified atom stereocenters. The first-order valence-corrected chi connectivity index (χ1v) is 10.5. The Bertz CT molecular complexity index is 967. The van der Waals surface area contributed by atoms with Crippen LogP contribution in [0.2, 0.25) is 10.0 Å². The lowest BCUT2D eigenvalue weighted by atomic mass is 9.79. The molecule has 1 spiro atoms. The fraction of sp³-hybridized carbons (Fsp3) is 0.348. The van der Waals surface area contributed by atoms with E-state index in [4.69, 9.17) is 27.9 Å². The van der Waals surface area contributed by atoms with E-state index in [2.05, 4.69) is 5.32 Å². The highest BCUT2D eigenvalue weighted by Gasteiger charge is 2.48. The molecular formula is C23H23Cl2NO3. The van der Waals surface area contributed by atoms with E-state index in [0.717, 1.165) is 29.5 Å². The van der Waals surface area contributed by atoms with Crippen molar-refractivity contribution < 1.29 is 14.6 Å². The summed E-state index contributed by atoms with van der Waals surface area (Å²) in [5, 5.41) is 15.2. The van der Waals surface area contributed by atoms with Crippen molar-refractivity contribution in [3.8, 4) is 11.1 Å². The zero-order chi connectivity index (χ0) is 20.8. The monoisotopic (exact) mass is 431 g/mol. The average molecular weight is 432 g/mol. The molecule has 0 aromatic heterocycles. The molecule has 6 heteroatoms. The molecule has 1 heterocycles. The van der Waals surface area contributed by atoms with E-state index in [1.807, 2.05) is 43.3 Å². The van der Waals surface area contributed by atoms with Crippen molar-refractivity contribution in [1.29, 1.82) is 0 Å². The molecule has 2 aromatic carbocycles. The summed E-state index contributed by atoms with van der Waals surface area (Å²) in [7, 11) is 1.70. The molecule has 4 rings (SSSR count). The molecule has 0 bridgehead atoms. The first-order chi connectivity index (χ1) is 13.8. The minimum Gasteiger partial charge on any atom is -0.509 e. The molecule has 1 amide bonds. The fourth-order valence-electron chi connectivity index (χ4n) is 4.47. The van der Waals surface area contributed by atoms with Crippen LogP contribution in [0.3, 0.4) is 0 Å². The number of ether oxygens (including phenoxy) is 1. The third kappa shape index (κ3) is 3.54. The van der Waals surface area contributed by atoms with Crippen LogP contribution in [0.5, 0.6) is 0 Å². The number of nitrogens with one attached hydrogen (secondary N) is 1. The van der Waals surface area contributed by atoms with Gasteiger partial charge in [-0.05, 0) is 67.5 Å². The zero-order valence-corrected chi connectivity index (χ0v) is 17.9. The molecule has 1 aliphatic carbocycles. The average Bonchev–Trinajstić information content (AvgIpc) is 2.93. The van der Waals surface area contributed by atoms with Gasteiger partial charge in [0.2, 0.25) is 0 Å². The van der Waals surface area contributed by atoms with Gasteiger partial charge in [-0.2, -0.15) is 0 Å².